The highest BCUT2D eigenvalue weighted by molar-refractivity contribution is 5.80. The fraction of sp³-hybridized carbons (Fsp3) is 0.917. The zero-order valence-corrected chi connectivity index (χ0v) is 19.0. The first kappa shape index (κ1) is 27.9. The topological polar surface area (TPSA) is 83.8 Å². The lowest BCUT2D eigenvalue weighted by Gasteiger charge is -2.16. The van der Waals surface area contributed by atoms with E-state index >= 15 is 0 Å². The minimum atomic E-state index is -1.21. The van der Waals surface area contributed by atoms with E-state index in [2.05, 4.69) is 13.8 Å². The molecule has 5 heteroatoms. The third-order valence-corrected chi connectivity index (χ3v) is 5.46. The van der Waals surface area contributed by atoms with Crippen molar-refractivity contribution in [3.05, 3.63) is 0 Å². The molecule has 0 aliphatic rings. The average Bonchev–Trinajstić information content (AvgIpc) is 2.70. The third-order valence-electron chi connectivity index (χ3n) is 5.46. The van der Waals surface area contributed by atoms with Crippen molar-refractivity contribution in [3.63, 3.8) is 0 Å². The number of esters is 1. The maximum Gasteiger partial charge on any atom is 0.345 e. The molecule has 0 spiro atoms. The van der Waals surface area contributed by atoms with Crippen LogP contribution in [0.4, 0.5) is 0 Å². The monoisotopic (exact) mass is 414 g/mol. The number of hydrogen-bond donors (Lipinski definition) is 2. The first-order valence-electron chi connectivity index (χ1n) is 12.1. The molecule has 0 fully saturated rings. The lowest BCUT2D eigenvalue weighted by Crippen LogP contribution is -2.32. The first-order chi connectivity index (χ1) is 14.0. The molecule has 2 atom stereocenters. The molecule has 0 saturated heterocycles. The van der Waals surface area contributed by atoms with E-state index in [1.165, 1.54) is 64.2 Å². The van der Waals surface area contributed by atoms with Gasteiger partial charge in [-0.25, -0.2) is 9.59 Å². The molecule has 0 saturated carbocycles. The Morgan fingerprint density at radius 3 is 1.45 bits per heavy atom. The maximum absolute atomic E-state index is 12.0. The van der Waals surface area contributed by atoms with E-state index < -0.39 is 24.1 Å². The van der Waals surface area contributed by atoms with Crippen LogP contribution in [0.1, 0.15) is 129 Å². The molecule has 2 N–H and O–H groups in total. The minimum absolute atomic E-state index is 0.320. The van der Waals surface area contributed by atoms with Crippen molar-refractivity contribution < 1.29 is 24.5 Å². The van der Waals surface area contributed by atoms with Crippen LogP contribution in [0.25, 0.3) is 0 Å². The Bertz CT molecular complexity index is 397. The summed E-state index contributed by atoms with van der Waals surface area (Å²) >= 11 is 0. The van der Waals surface area contributed by atoms with E-state index in [1.54, 1.807) is 0 Å². The van der Waals surface area contributed by atoms with Gasteiger partial charge < -0.3 is 14.9 Å². The van der Waals surface area contributed by atoms with Gasteiger partial charge in [0.25, 0.3) is 0 Å². The quantitative estimate of drug-likeness (QED) is 0.168. The summed E-state index contributed by atoms with van der Waals surface area (Å²) in [6.45, 7) is 4.39. The molecule has 0 aliphatic carbocycles. The van der Waals surface area contributed by atoms with E-state index in [1.807, 2.05) is 0 Å². The summed E-state index contributed by atoms with van der Waals surface area (Å²) < 4.78 is 5.07. The Hall–Kier alpha value is -1.10. The summed E-state index contributed by atoms with van der Waals surface area (Å²) in [5.74, 6) is -1.92. The molecule has 5 nitrogen and oxygen atoms in total. The number of carboxylic acid groups (broad SMARTS) is 1. The van der Waals surface area contributed by atoms with Gasteiger partial charge in [0.05, 0.1) is 0 Å². The summed E-state index contributed by atoms with van der Waals surface area (Å²) in [6.07, 6.45) is 16.4. The molecule has 0 heterocycles. The van der Waals surface area contributed by atoms with Gasteiger partial charge in [-0.3, -0.25) is 0 Å². The second-order valence-electron chi connectivity index (χ2n) is 8.31. The second kappa shape index (κ2) is 20.2. The highest BCUT2D eigenvalue weighted by Crippen LogP contribution is 2.15. The van der Waals surface area contributed by atoms with Crippen molar-refractivity contribution in [2.45, 2.75) is 142 Å². The van der Waals surface area contributed by atoms with E-state index in [-0.39, 0.29) is 0 Å². The highest BCUT2D eigenvalue weighted by Gasteiger charge is 2.25. The number of carbonyl (C=O) groups excluding carboxylic acids is 1. The average molecular weight is 415 g/mol. The van der Waals surface area contributed by atoms with Gasteiger partial charge in [0.2, 0.25) is 0 Å². The van der Waals surface area contributed by atoms with Gasteiger partial charge in [-0.15, -0.1) is 0 Å². The molecule has 0 aromatic heterocycles. The molecule has 0 rings (SSSR count). The van der Waals surface area contributed by atoms with E-state index in [4.69, 9.17) is 4.74 Å². The van der Waals surface area contributed by atoms with Crippen LogP contribution in [0.15, 0.2) is 0 Å². The first-order valence-corrected chi connectivity index (χ1v) is 12.1. The third kappa shape index (κ3) is 17.5. The van der Waals surface area contributed by atoms with E-state index in [0.29, 0.717) is 12.8 Å². The number of ether oxygens (including phenoxy) is 1. The predicted molar refractivity (Wildman–Crippen MR) is 118 cm³/mol. The molecule has 29 heavy (non-hydrogen) atoms. The number of carbonyl (C=O) groups is 2. The standard InChI is InChI=1S/C24H46O5/c1-3-5-7-9-11-13-15-17-19-21(25)24(28)29-22(23(26)27)20-18-16-14-12-10-8-6-4-2/h21-22,25H,3-20H2,1-2H3,(H,26,27). The van der Waals surface area contributed by atoms with Gasteiger partial charge in [-0.2, -0.15) is 0 Å². The Morgan fingerprint density at radius 2 is 1.03 bits per heavy atom. The fourth-order valence-corrected chi connectivity index (χ4v) is 3.50. The number of unbranched alkanes of at least 4 members (excludes halogenated alkanes) is 14. The molecule has 0 aliphatic heterocycles. The molecule has 0 radical (unpaired) electrons. The lowest BCUT2D eigenvalue weighted by atomic mass is 10.0. The largest absolute Gasteiger partial charge is 0.479 e. The molecule has 172 valence electrons. The van der Waals surface area contributed by atoms with Crippen molar-refractivity contribution in [2.24, 2.45) is 0 Å². The number of hydrogen-bond acceptors (Lipinski definition) is 4. The van der Waals surface area contributed by atoms with Crippen LogP contribution in [0, 0.1) is 0 Å². The van der Waals surface area contributed by atoms with Gasteiger partial charge >= 0.3 is 11.9 Å². The van der Waals surface area contributed by atoms with Gasteiger partial charge in [-0.1, -0.05) is 110 Å². The van der Waals surface area contributed by atoms with E-state index in [0.717, 1.165) is 38.5 Å². The van der Waals surface area contributed by atoms with Crippen LogP contribution in [0.2, 0.25) is 0 Å². The van der Waals surface area contributed by atoms with Crippen LogP contribution in [-0.4, -0.2) is 34.4 Å². The highest BCUT2D eigenvalue weighted by atomic mass is 16.6. The molecule has 2 unspecified atom stereocenters. The smallest absolute Gasteiger partial charge is 0.345 e. The number of aliphatic hydroxyl groups excluding tert-OH is 1. The van der Waals surface area contributed by atoms with Crippen molar-refractivity contribution in [1.29, 1.82) is 0 Å². The Kier molecular flexibility index (Phi) is 19.4. The fourth-order valence-electron chi connectivity index (χ4n) is 3.50. The molecular weight excluding hydrogens is 368 g/mol. The maximum atomic E-state index is 12.0. The van der Waals surface area contributed by atoms with Gasteiger partial charge in [0.1, 0.15) is 0 Å². The van der Waals surface area contributed by atoms with Gasteiger partial charge in [0.15, 0.2) is 12.2 Å². The van der Waals surface area contributed by atoms with Crippen molar-refractivity contribution in [3.8, 4) is 0 Å². The molecule has 0 bridgehead atoms. The summed E-state index contributed by atoms with van der Waals surface area (Å²) in [7, 11) is 0. The summed E-state index contributed by atoms with van der Waals surface area (Å²) in [5.41, 5.74) is 0. The SMILES string of the molecule is CCCCCCCCCCC(O)C(=O)OC(CCCCCCCCCC)C(=O)O. The summed E-state index contributed by atoms with van der Waals surface area (Å²) in [6, 6.07) is 0. The Labute approximate surface area is 178 Å². The number of carboxylic acids is 1. The van der Waals surface area contributed by atoms with Crippen LogP contribution < -0.4 is 0 Å². The summed E-state index contributed by atoms with van der Waals surface area (Å²) in [5, 5.41) is 19.2. The van der Waals surface area contributed by atoms with Crippen molar-refractivity contribution in [1.82, 2.24) is 0 Å². The van der Waals surface area contributed by atoms with Crippen LogP contribution >= 0.6 is 0 Å². The number of rotatable bonds is 21. The molecular formula is C24H46O5. The Morgan fingerprint density at radius 1 is 0.655 bits per heavy atom. The zero-order valence-electron chi connectivity index (χ0n) is 19.0. The van der Waals surface area contributed by atoms with Crippen LogP contribution in [0.5, 0.6) is 0 Å². The number of aliphatic carboxylic acids is 1. The molecule has 0 amide bonds. The molecule has 0 aromatic carbocycles. The summed E-state index contributed by atoms with van der Waals surface area (Å²) in [4.78, 5) is 23.3. The molecule has 0 aromatic rings. The zero-order chi connectivity index (χ0) is 21.7. The predicted octanol–water partition coefficient (Wildman–Crippen LogP) is 6.41. The van der Waals surface area contributed by atoms with Crippen molar-refractivity contribution in [2.75, 3.05) is 0 Å². The lowest BCUT2D eigenvalue weighted by molar-refractivity contribution is -0.170. The van der Waals surface area contributed by atoms with Crippen LogP contribution in [-0.2, 0) is 14.3 Å². The van der Waals surface area contributed by atoms with E-state index in [9.17, 15) is 19.8 Å². The van der Waals surface area contributed by atoms with Gasteiger partial charge in [-0.05, 0) is 19.3 Å². The van der Waals surface area contributed by atoms with Crippen molar-refractivity contribution >= 4 is 11.9 Å². The normalized spacial score (nSPS) is 13.2. The van der Waals surface area contributed by atoms with Gasteiger partial charge in [0, 0.05) is 0 Å². The Balaban J connectivity index is 3.85. The second-order valence-corrected chi connectivity index (χ2v) is 8.31. The minimum Gasteiger partial charge on any atom is -0.479 e. The van der Waals surface area contributed by atoms with Crippen LogP contribution in [0.3, 0.4) is 0 Å². The number of aliphatic hydroxyl groups is 1.